The minimum Gasteiger partial charge on any atom is -0.506 e. The summed E-state index contributed by atoms with van der Waals surface area (Å²) in [6, 6.07) is 12.2. The Labute approximate surface area is 233 Å². The first-order valence-corrected chi connectivity index (χ1v) is 15.0. The molecule has 1 aliphatic carbocycles. The van der Waals surface area contributed by atoms with Crippen LogP contribution in [0.15, 0.2) is 41.2 Å². The summed E-state index contributed by atoms with van der Waals surface area (Å²) >= 11 is 7.26. The highest BCUT2D eigenvalue weighted by molar-refractivity contribution is 7.16. The van der Waals surface area contributed by atoms with Crippen LogP contribution in [0.5, 0.6) is 5.75 Å². The average molecular weight is 560 g/mol. The predicted molar refractivity (Wildman–Crippen MR) is 156 cm³/mol. The number of nitrogens with zero attached hydrogens (tertiary/aromatic N) is 1. The zero-order chi connectivity index (χ0) is 27.0. The number of primary amides is 1. The number of benzene rings is 2. The van der Waals surface area contributed by atoms with E-state index in [1.54, 1.807) is 6.07 Å². The number of carbonyl (C=O) groups is 1. The number of nitrogens with two attached hydrogens (primary N) is 1. The zero-order valence-corrected chi connectivity index (χ0v) is 23.6. The number of carbonyl (C=O) groups excluding carboxylic acids is 1. The number of aromatic amines is 1. The van der Waals surface area contributed by atoms with Crippen molar-refractivity contribution in [3.63, 3.8) is 0 Å². The second kappa shape index (κ2) is 13.6. The molecule has 1 atom stereocenters. The molecule has 0 saturated heterocycles. The first-order chi connectivity index (χ1) is 18.4. The summed E-state index contributed by atoms with van der Waals surface area (Å²) in [6.45, 7) is 4.28. The van der Waals surface area contributed by atoms with Crippen LogP contribution in [0.25, 0.3) is 10.2 Å². The van der Waals surface area contributed by atoms with Gasteiger partial charge in [0.2, 0.25) is 5.91 Å². The van der Waals surface area contributed by atoms with E-state index >= 15 is 0 Å². The van der Waals surface area contributed by atoms with Crippen LogP contribution in [0.2, 0.25) is 5.02 Å². The molecule has 3 aromatic rings. The van der Waals surface area contributed by atoms with E-state index in [1.165, 1.54) is 44.1 Å². The molecule has 0 spiro atoms. The number of amides is 1. The van der Waals surface area contributed by atoms with Crippen LogP contribution in [-0.4, -0.2) is 59.2 Å². The smallest absolute Gasteiger partial charge is 0.305 e. The van der Waals surface area contributed by atoms with E-state index in [4.69, 9.17) is 17.3 Å². The summed E-state index contributed by atoms with van der Waals surface area (Å²) in [5, 5.41) is 14.4. The molecular weight excluding hydrogens is 520 g/mol. The molecule has 206 valence electrons. The number of hydrogen-bond donors (Lipinski definition) is 4. The predicted octanol–water partition coefficient (Wildman–Crippen LogP) is 4.74. The van der Waals surface area contributed by atoms with Crippen molar-refractivity contribution in [2.45, 2.75) is 63.8 Å². The van der Waals surface area contributed by atoms with Gasteiger partial charge in [-0.3, -0.25) is 9.59 Å². The third-order valence-corrected chi connectivity index (χ3v) is 9.32. The van der Waals surface area contributed by atoms with Crippen LogP contribution in [0.4, 0.5) is 0 Å². The lowest BCUT2D eigenvalue weighted by atomic mass is 10.00. The van der Waals surface area contributed by atoms with Gasteiger partial charge in [-0.2, -0.15) is 0 Å². The van der Waals surface area contributed by atoms with Crippen molar-refractivity contribution in [2.75, 3.05) is 32.7 Å². The van der Waals surface area contributed by atoms with Gasteiger partial charge in [0.05, 0.1) is 36.8 Å². The molecule has 1 heterocycles. The van der Waals surface area contributed by atoms with Crippen molar-refractivity contribution in [3.05, 3.63) is 62.2 Å². The average Bonchev–Trinajstić information content (AvgIpc) is 3.10. The molecule has 1 fully saturated rings. The fraction of sp³-hybridized carbons (Fsp3) is 0.517. The molecule has 7 nitrogen and oxygen atoms in total. The van der Waals surface area contributed by atoms with Crippen LogP contribution in [0, 0.1) is 0 Å². The van der Waals surface area contributed by atoms with Gasteiger partial charge < -0.3 is 25.6 Å². The van der Waals surface area contributed by atoms with Crippen LogP contribution < -0.4 is 15.9 Å². The Balaban J connectivity index is 1.45. The molecule has 38 heavy (non-hydrogen) atoms. The van der Waals surface area contributed by atoms with E-state index in [0.29, 0.717) is 18.0 Å². The maximum absolute atomic E-state index is 11.9. The molecule has 1 unspecified atom stereocenters. The molecular formula is C29H40ClN4O3S+. The van der Waals surface area contributed by atoms with Crippen LogP contribution in [0.3, 0.4) is 0 Å². The minimum absolute atomic E-state index is 0.107. The van der Waals surface area contributed by atoms with Gasteiger partial charge in [0.1, 0.15) is 11.3 Å². The molecule has 0 bridgehead atoms. The van der Waals surface area contributed by atoms with Crippen molar-refractivity contribution in [3.8, 4) is 5.75 Å². The third kappa shape index (κ3) is 7.59. The number of nitrogens with one attached hydrogen (secondary N) is 2. The molecule has 1 saturated carbocycles. The summed E-state index contributed by atoms with van der Waals surface area (Å²) in [5.74, 6) is -0.127. The number of aromatic hydroxyl groups is 1. The number of quaternary nitrogens is 1. The fourth-order valence-corrected chi connectivity index (χ4v) is 6.97. The molecule has 1 aromatic heterocycles. The first-order valence-electron chi connectivity index (χ1n) is 13.8. The second-order valence-electron chi connectivity index (χ2n) is 10.6. The van der Waals surface area contributed by atoms with Crippen LogP contribution in [-0.2, 0) is 17.6 Å². The van der Waals surface area contributed by atoms with Gasteiger partial charge in [0, 0.05) is 18.0 Å². The molecule has 2 aromatic carbocycles. The fourth-order valence-electron chi connectivity index (χ4n) is 5.94. The summed E-state index contributed by atoms with van der Waals surface area (Å²) in [5.41, 5.74) is 8.50. The Hall–Kier alpha value is -2.39. The summed E-state index contributed by atoms with van der Waals surface area (Å²) in [4.78, 5) is 26.3. The van der Waals surface area contributed by atoms with E-state index < -0.39 is 0 Å². The van der Waals surface area contributed by atoms with E-state index in [0.717, 1.165) is 76.7 Å². The third-order valence-electron chi connectivity index (χ3n) is 8.11. The van der Waals surface area contributed by atoms with E-state index in [1.807, 2.05) is 18.2 Å². The van der Waals surface area contributed by atoms with Crippen molar-refractivity contribution in [2.24, 2.45) is 5.73 Å². The number of aromatic nitrogens is 1. The number of thiazole rings is 1. The molecule has 1 amide bonds. The summed E-state index contributed by atoms with van der Waals surface area (Å²) in [7, 11) is 0. The summed E-state index contributed by atoms with van der Waals surface area (Å²) in [6.07, 6.45) is 9.54. The molecule has 5 N–H and O–H groups in total. The van der Waals surface area contributed by atoms with Gasteiger partial charge in [0.25, 0.3) is 0 Å². The Kier molecular flexibility index (Phi) is 10.2. The minimum atomic E-state index is -0.234. The highest BCUT2D eigenvalue weighted by Gasteiger charge is 2.36. The lowest BCUT2D eigenvalue weighted by Crippen LogP contribution is -2.59. The Morgan fingerprint density at radius 1 is 1.03 bits per heavy atom. The van der Waals surface area contributed by atoms with Gasteiger partial charge in [0.15, 0.2) is 0 Å². The number of phenolic OH excluding ortho intramolecular Hbond substituents is 1. The molecule has 0 aliphatic heterocycles. The number of halogens is 1. The standard InChI is InChI=1S/C29H39ClN4O3S/c30-23-10-7-21(8-11-23)14-18-34(19-15-26(31)36,24-5-3-1-2-4-6-24)20-17-32-16-13-22-9-12-25(35)27-28(22)38-29(37)33-27/h7-12,24,32H,1-6,13-20H2,(H3-,31,33,35,36,37)/p+1. The molecule has 9 heteroatoms. The maximum Gasteiger partial charge on any atom is 0.305 e. The monoisotopic (exact) mass is 559 g/mol. The molecule has 0 radical (unpaired) electrons. The van der Waals surface area contributed by atoms with E-state index in [9.17, 15) is 14.7 Å². The number of phenols is 1. The zero-order valence-electron chi connectivity index (χ0n) is 22.0. The van der Waals surface area contributed by atoms with Gasteiger partial charge in [-0.1, -0.05) is 54.0 Å². The van der Waals surface area contributed by atoms with Gasteiger partial charge >= 0.3 is 4.87 Å². The highest BCUT2D eigenvalue weighted by Crippen LogP contribution is 2.30. The molecule has 1 aliphatic rings. The van der Waals surface area contributed by atoms with E-state index in [2.05, 4.69) is 22.4 Å². The van der Waals surface area contributed by atoms with Gasteiger partial charge in [-0.15, -0.1) is 0 Å². The number of H-pyrrole nitrogens is 1. The van der Waals surface area contributed by atoms with Crippen molar-refractivity contribution >= 4 is 39.1 Å². The Morgan fingerprint density at radius 3 is 2.47 bits per heavy atom. The van der Waals surface area contributed by atoms with Crippen molar-refractivity contribution in [1.29, 1.82) is 0 Å². The SMILES string of the molecule is NC(=O)CC[N+](CCNCCc1ccc(O)c2[nH]c(=O)sc12)(CCc1ccc(Cl)cc1)C1CCCCCC1. The first kappa shape index (κ1) is 28.6. The normalized spacial score (nSPS) is 16.3. The van der Waals surface area contributed by atoms with Crippen LogP contribution in [0.1, 0.15) is 56.1 Å². The largest absolute Gasteiger partial charge is 0.506 e. The highest BCUT2D eigenvalue weighted by atomic mass is 35.5. The summed E-state index contributed by atoms with van der Waals surface area (Å²) < 4.78 is 1.73. The Bertz CT molecular complexity index is 1250. The molecule has 4 rings (SSSR count). The quantitative estimate of drug-likeness (QED) is 0.138. The van der Waals surface area contributed by atoms with Crippen molar-refractivity contribution < 1.29 is 14.4 Å². The topological polar surface area (TPSA) is 108 Å². The number of hydrogen-bond acceptors (Lipinski definition) is 5. The second-order valence-corrected chi connectivity index (χ2v) is 12.0. The van der Waals surface area contributed by atoms with E-state index in [-0.39, 0.29) is 16.5 Å². The maximum atomic E-state index is 11.9. The van der Waals surface area contributed by atoms with Crippen LogP contribution >= 0.6 is 22.9 Å². The van der Waals surface area contributed by atoms with Gasteiger partial charge in [-0.05, 0) is 68.0 Å². The van der Waals surface area contributed by atoms with Gasteiger partial charge in [-0.25, -0.2) is 0 Å². The lowest BCUT2D eigenvalue weighted by Gasteiger charge is -2.45. The number of rotatable bonds is 13. The lowest BCUT2D eigenvalue weighted by molar-refractivity contribution is -0.950. The number of fused-ring (bicyclic) bond motifs is 1. The Morgan fingerprint density at radius 2 is 1.76 bits per heavy atom. The van der Waals surface area contributed by atoms with Crippen molar-refractivity contribution in [1.82, 2.24) is 10.3 Å².